The minimum atomic E-state index is -3.53. The molecule has 1 aromatic carbocycles. The lowest BCUT2D eigenvalue weighted by molar-refractivity contribution is -0.139. The lowest BCUT2D eigenvalue weighted by Crippen LogP contribution is -2.36. The molecule has 1 rings (SSSR count). The van der Waals surface area contributed by atoms with Gasteiger partial charge in [0.05, 0.1) is 18.4 Å². The molecule has 0 heterocycles. The molecule has 5 nitrogen and oxygen atoms in total. The molecule has 0 fully saturated rings. The van der Waals surface area contributed by atoms with Crippen LogP contribution in [0.4, 0.5) is 0 Å². The van der Waals surface area contributed by atoms with E-state index in [1.807, 2.05) is 20.8 Å². The largest absolute Gasteiger partial charge is 0.469 e. The van der Waals surface area contributed by atoms with Crippen molar-refractivity contribution in [1.82, 2.24) is 4.72 Å². The Morgan fingerprint density at radius 2 is 1.81 bits per heavy atom. The van der Waals surface area contributed by atoms with Crippen LogP contribution in [-0.2, 0) is 26.0 Å². The number of hydrogen-bond acceptors (Lipinski definition) is 4. The summed E-state index contributed by atoms with van der Waals surface area (Å²) < 4.78 is 31.7. The fourth-order valence-corrected chi connectivity index (χ4v) is 3.16. The predicted octanol–water partition coefficient (Wildman–Crippen LogP) is 2.12. The molecule has 1 aromatic rings. The summed E-state index contributed by atoms with van der Waals surface area (Å²) in [6, 6.07) is 6.13. The fraction of sp³-hybridized carbons (Fsp3) is 0.533. The Bertz CT molecular complexity index is 566. The summed E-state index contributed by atoms with van der Waals surface area (Å²) in [5, 5.41) is 0. The number of ether oxygens (including phenoxy) is 1. The standard InChI is InChI=1S/C15H23NO4S/c1-5-11(2)12(3)16-21(18,19)14-8-6-13(7-9-14)10-15(17)20-4/h6-9,11-12,16H,5,10H2,1-4H3. The van der Waals surface area contributed by atoms with Crippen molar-refractivity contribution < 1.29 is 17.9 Å². The minimum Gasteiger partial charge on any atom is -0.469 e. The molecule has 118 valence electrons. The van der Waals surface area contributed by atoms with Gasteiger partial charge >= 0.3 is 5.97 Å². The highest BCUT2D eigenvalue weighted by Gasteiger charge is 2.20. The predicted molar refractivity (Wildman–Crippen MR) is 81.4 cm³/mol. The summed E-state index contributed by atoms with van der Waals surface area (Å²) in [6.07, 6.45) is 1.04. The van der Waals surface area contributed by atoms with Gasteiger partial charge in [-0.15, -0.1) is 0 Å². The maximum Gasteiger partial charge on any atom is 0.309 e. The number of nitrogens with one attached hydrogen (secondary N) is 1. The first-order valence-corrected chi connectivity index (χ1v) is 8.46. The van der Waals surface area contributed by atoms with Crippen LogP contribution in [0.5, 0.6) is 0 Å². The summed E-state index contributed by atoms with van der Waals surface area (Å²) in [7, 11) is -2.21. The van der Waals surface area contributed by atoms with Gasteiger partial charge in [-0.2, -0.15) is 0 Å². The maximum atomic E-state index is 12.2. The van der Waals surface area contributed by atoms with E-state index in [2.05, 4.69) is 9.46 Å². The Kier molecular flexibility index (Phi) is 6.36. The third kappa shape index (κ3) is 5.13. The van der Waals surface area contributed by atoms with Crippen LogP contribution in [-0.4, -0.2) is 27.5 Å². The minimum absolute atomic E-state index is 0.130. The van der Waals surface area contributed by atoms with Gasteiger partial charge in [-0.1, -0.05) is 32.4 Å². The van der Waals surface area contributed by atoms with Gasteiger partial charge in [-0.3, -0.25) is 4.79 Å². The van der Waals surface area contributed by atoms with Crippen LogP contribution in [0.25, 0.3) is 0 Å². The first kappa shape index (κ1) is 17.7. The van der Waals surface area contributed by atoms with Crippen molar-refractivity contribution in [3.05, 3.63) is 29.8 Å². The van der Waals surface area contributed by atoms with E-state index in [1.54, 1.807) is 12.1 Å². The monoisotopic (exact) mass is 313 g/mol. The van der Waals surface area contributed by atoms with Crippen molar-refractivity contribution in [3.8, 4) is 0 Å². The van der Waals surface area contributed by atoms with Crippen LogP contribution < -0.4 is 4.72 Å². The van der Waals surface area contributed by atoms with E-state index >= 15 is 0 Å². The Morgan fingerprint density at radius 1 is 1.24 bits per heavy atom. The molecule has 0 aromatic heterocycles. The molecule has 1 N–H and O–H groups in total. The highest BCUT2D eigenvalue weighted by molar-refractivity contribution is 7.89. The normalized spacial score (nSPS) is 14.5. The van der Waals surface area contributed by atoms with Crippen molar-refractivity contribution >= 4 is 16.0 Å². The fourth-order valence-electron chi connectivity index (χ4n) is 1.81. The molecular formula is C15H23NO4S. The Morgan fingerprint density at radius 3 is 2.29 bits per heavy atom. The van der Waals surface area contributed by atoms with Crippen LogP contribution in [0.2, 0.25) is 0 Å². The molecular weight excluding hydrogens is 290 g/mol. The van der Waals surface area contributed by atoms with Crippen LogP contribution in [0.15, 0.2) is 29.2 Å². The summed E-state index contributed by atoms with van der Waals surface area (Å²) in [6.45, 7) is 5.89. The molecule has 0 saturated carbocycles. The van der Waals surface area contributed by atoms with Gasteiger partial charge in [0.1, 0.15) is 0 Å². The smallest absolute Gasteiger partial charge is 0.309 e. The molecule has 0 amide bonds. The number of carbonyl (C=O) groups is 1. The second kappa shape index (κ2) is 7.56. The molecule has 0 aliphatic carbocycles. The number of sulfonamides is 1. The number of methoxy groups -OCH3 is 1. The molecule has 2 atom stereocenters. The SMILES string of the molecule is CCC(C)C(C)NS(=O)(=O)c1ccc(CC(=O)OC)cc1. The van der Waals surface area contributed by atoms with Crippen molar-refractivity contribution in [1.29, 1.82) is 0 Å². The quantitative estimate of drug-likeness (QED) is 0.783. The van der Waals surface area contributed by atoms with Crippen molar-refractivity contribution in [2.75, 3.05) is 7.11 Å². The number of benzene rings is 1. The van der Waals surface area contributed by atoms with Crippen LogP contribution in [0.1, 0.15) is 32.8 Å². The van der Waals surface area contributed by atoms with Gasteiger partial charge in [-0.05, 0) is 30.5 Å². The molecule has 0 radical (unpaired) electrons. The zero-order chi connectivity index (χ0) is 16.0. The Hall–Kier alpha value is -1.40. The van der Waals surface area contributed by atoms with Crippen LogP contribution >= 0.6 is 0 Å². The highest BCUT2D eigenvalue weighted by Crippen LogP contribution is 2.14. The van der Waals surface area contributed by atoms with E-state index in [-0.39, 0.29) is 29.2 Å². The van der Waals surface area contributed by atoms with Crippen molar-refractivity contribution in [2.24, 2.45) is 5.92 Å². The molecule has 0 aliphatic rings. The summed E-state index contributed by atoms with van der Waals surface area (Å²) in [4.78, 5) is 11.4. The maximum absolute atomic E-state index is 12.2. The topological polar surface area (TPSA) is 72.5 Å². The Balaban J connectivity index is 2.82. The molecule has 21 heavy (non-hydrogen) atoms. The number of carbonyl (C=O) groups excluding carboxylic acids is 1. The van der Waals surface area contributed by atoms with E-state index in [0.717, 1.165) is 12.0 Å². The number of hydrogen-bond donors (Lipinski definition) is 1. The van der Waals surface area contributed by atoms with Gasteiger partial charge in [0, 0.05) is 6.04 Å². The van der Waals surface area contributed by atoms with E-state index < -0.39 is 10.0 Å². The Labute approximate surface area is 126 Å². The molecule has 0 saturated heterocycles. The van der Waals surface area contributed by atoms with Crippen LogP contribution in [0.3, 0.4) is 0 Å². The van der Waals surface area contributed by atoms with Gasteiger partial charge in [0.2, 0.25) is 10.0 Å². The number of rotatable bonds is 7. The van der Waals surface area contributed by atoms with Gasteiger partial charge in [-0.25, -0.2) is 13.1 Å². The number of esters is 1. The zero-order valence-electron chi connectivity index (χ0n) is 12.9. The first-order chi connectivity index (χ1) is 9.80. The molecule has 2 unspecified atom stereocenters. The van der Waals surface area contributed by atoms with Gasteiger partial charge < -0.3 is 4.74 Å². The molecule has 6 heteroatoms. The second-order valence-electron chi connectivity index (χ2n) is 5.19. The van der Waals surface area contributed by atoms with E-state index in [1.165, 1.54) is 19.2 Å². The van der Waals surface area contributed by atoms with Crippen molar-refractivity contribution in [2.45, 2.75) is 44.6 Å². The lowest BCUT2D eigenvalue weighted by Gasteiger charge is -2.19. The summed E-state index contributed by atoms with van der Waals surface area (Å²) >= 11 is 0. The average Bonchev–Trinajstić information content (AvgIpc) is 2.46. The summed E-state index contributed by atoms with van der Waals surface area (Å²) in [5.74, 6) is -0.0903. The second-order valence-corrected chi connectivity index (χ2v) is 6.91. The first-order valence-electron chi connectivity index (χ1n) is 6.98. The lowest BCUT2D eigenvalue weighted by atomic mass is 10.0. The van der Waals surface area contributed by atoms with Crippen LogP contribution in [0, 0.1) is 5.92 Å². The molecule has 0 bridgehead atoms. The zero-order valence-corrected chi connectivity index (χ0v) is 13.7. The van der Waals surface area contributed by atoms with E-state index in [0.29, 0.717) is 0 Å². The van der Waals surface area contributed by atoms with Gasteiger partial charge in [0.25, 0.3) is 0 Å². The van der Waals surface area contributed by atoms with E-state index in [4.69, 9.17) is 0 Å². The third-order valence-corrected chi connectivity index (χ3v) is 5.22. The third-order valence-electron chi connectivity index (χ3n) is 3.65. The summed E-state index contributed by atoms with van der Waals surface area (Å²) in [5.41, 5.74) is 0.718. The average molecular weight is 313 g/mol. The molecule has 0 aliphatic heterocycles. The van der Waals surface area contributed by atoms with E-state index in [9.17, 15) is 13.2 Å². The van der Waals surface area contributed by atoms with Gasteiger partial charge in [0.15, 0.2) is 0 Å². The highest BCUT2D eigenvalue weighted by atomic mass is 32.2. The molecule has 0 spiro atoms. The van der Waals surface area contributed by atoms with Crippen molar-refractivity contribution in [3.63, 3.8) is 0 Å².